The first-order valence-electron chi connectivity index (χ1n) is 7.31. The van der Waals surface area contributed by atoms with Gasteiger partial charge in [-0.15, -0.1) is 11.3 Å². The van der Waals surface area contributed by atoms with Crippen LogP contribution in [0.15, 0.2) is 18.2 Å². The third-order valence-corrected chi connectivity index (χ3v) is 4.62. The summed E-state index contributed by atoms with van der Waals surface area (Å²) in [6.07, 6.45) is 4.56. The Bertz CT molecular complexity index is 622. The number of thiophene rings is 1. The lowest BCUT2D eigenvalue weighted by Gasteiger charge is -2.03. The molecule has 5 heteroatoms. The number of ether oxygens (including phenoxy) is 1. The molecule has 0 saturated carbocycles. The van der Waals surface area contributed by atoms with Crippen molar-refractivity contribution in [2.75, 3.05) is 19.4 Å². The van der Waals surface area contributed by atoms with Crippen molar-refractivity contribution in [1.29, 1.82) is 0 Å². The Kier molecular flexibility index (Phi) is 5.44. The molecule has 0 bridgehead atoms. The minimum atomic E-state index is -0.0795. The average Bonchev–Trinajstić information content (AvgIpc) is 2.83. The van der Waals surface area contributed by atoms with E-state index in [1.807, 2.05) is 18.2 Å². The van der Waals surface area contributed by atoms with E-state index >= 15 is 0 Å². The quantitative estimate of drug-likeness (QED) is 0.765. The molecule has 0 aliphatic rings. The Morgan fingerprint density at radius 2 is 2.14 bits per heavy atom. The Balaban J connectivity index is 2.07. The van der Waals surface area contributed by atoms with E-state index < -0.39 is 0 Å². The summed E-state index contributed by atoms with van der Waals surface area (Å²) in [7, 11) is 1.63. The third kappa shape index (κ3) is 3.67. The zero-order valence-corrected chi connectivity index (χ0v) is 13.4. The van der Waals surface area contributed by atoms with E-state index in [1.165, 1.54) is 24.2 Å². The number of nitrogens with one attached hydrogen (secondary N) is 1. The number of anilines is 1. The van der Waals surface area contributed by atoms with Gasteiger partial charge in [0.15, 0.2) is 0 Å². The number of methoxy groups -OCH3 is 1. The second kappa shape index (κ2) is 7.31. The number of carbonyl (C=O) groups excluding carboxylic acids is 1. The molecule has 1 heterocycles. The fourth-order valence-corrected chi connectivity index (χ4v) is 3.29. The molecular formula is C16H22N2O2S. The second-order valence-electron chi connectivity index (χ2n) is 5.02. The topological polar surface area (TPSA) is 64.3 Å². The zero-order chi connectivity index (χ0) is 15.2. The average molecular weight is 306 g/mol. The van der Waals surface area contributed by atoms with Gasteiger partial charge in [-0.1, -0.05) is 26.2 Å². The van der Waals surface area contributed by atoms with Gasteiger partial charge in [0.05, 0.1) is 12.8 Å². The maximum Gasteiger partial charge on any atom is 0.263 e. The van der Waals surface area contributed by atoms with Crippen molar-refractivity contribution in [2.24, 2.45) is 0 Å². The van der Waals surface area contributed by atoms with Crippen LogP contribution in [0, 0.1) is 0 Å². The van der Waals surface area contributed by atoms with E-state index in [1.54, 1.807) is 7.11 Å². The second-order valence-corrected chi connectivity index (χ2v) is 6.08. The van der Waals surface area contributed by atoms with Gasteiger partial charge in [0.2, 0.25) is 0 Å². The van der Waals surface area contributed by atoms with Crippen LogP contribution >= 0.6 is 11.3 Å². The number of carbonyl (C=O) groups is 1. The molecular weight excluding hydrogens is 284 g/mol. The molecule has 21 heavy (non-hydrogen) atoms. The summed E-state index contributed by atoms with van der Waals surface area (Å²) in [4.78, 5) is 12.8. The van der Waals surface area contributed by atoms with Crippen molar-refractivity contribution < 1.29 is 9.53 Å². The minimum Gasteiger partial charge on any atom is -0.497 e. The highest BCUT2D eigenvalue weighted by Gasteiger charge is 2.16. The Labute approximate surface area is 129 Å². The molecule has 2 rings (SSSR count). The van der Waals surface area contributed by atoms with Crippen LogP contribution in [0.4, 0.5) is 5.69 Å². The fourth-order valence-electron chi connectivity index (χ4n) is 2.23. The van der Waals surface area contributed by atoms with E-state index in [9.17, 15) is 4.79 Å². The van der Waals surface area contributed by atoms with Crippen LogP contribution in [0.1, 0.15) is 42.3 Å². The van der Waals surface area contributed by atoms with E-state index in [0.29, 0.717) is 17.1 Å². The lowest BCUT2D eigenvalue weighted by atomic mass is 10.2. The molecule has 2 aromatic rings. The summed E-state index contributed by atoms with van der Waals surface area (Å²) in [5.41, 5.74) is 6.65. The van der Waals surface area contributed by atoms with Crippen molar-refractivity contribution >= 4 is 33.0 Å². The van der Waals surface area contributed by atoms with E-state index in [4.69, 9.17) is 10.5 Å². The molecule has 0 aliphatic carbocycles. The van der Waals surface area contributed by atoms with Crippen LogP contribution in [0.3, 0.4) is 0 Å². The highest BCUT2D eigenvalue weighted by atomic mass is 32.1. The van der Waals surface area contributed by atoms with Crippen LogP contribution in [-0.4, -0.2) is 19.6 Å². The molecule has 0 radical (unpaired) electrons. The number of hydrogen-bond acceptors (Lipinski definition) is 4. The van der Waals surface area contributed by atoms with Gasteiger partial charge in [0.1, 0.15) is 10.6 Å². The Morgan fingerprint density at radius 3 is 2.86 bits per heavy atom. The largest absolute Gasteiger partial charge is 0.497 e. The SMILES string of the molecule is CCCCCCNC(=O)c1sc2cc(OC)ccc2c1N. The van der Waals surface area contributed by atoms with E-state index in [-0.39, 0.29) is 5.91 Å². The van der Waals surface area contributed by atoms with E-state index in [0.717, 1.165) is 28.7 Å². The van der Waals surface area contributed by atoms with Crippen molar-refractivity contribution in [1.82, 2.24) is 5.32 Å². The number of fused-ring (bicyclic) bond motifs is 1. The van der Waals surface area contributed by atoms with Gasteiger partial charge in [0, 0.05) is 16.6 Å². The summed E-state index contributed by atoms with van der Waals surface area (Å²) >= 11 is 1.41. The molecule has 1 aromatic carbocycles. The maximum atomic E-state index is 12.2. The molecule has 0 fully saturated rings. The third-order valence-electron chi connectivity index (χ3n) is 3.46. The van der Waals surface area contributed by atoms with Gasteiger partial charge >= 0.3 is 0 Å². The predicted molar refractivity (Wildman–Crippen MR) is 89.3 cm³/mol. The highest BCUT2D eigenvalue weighted by molar-refractivity contribution is 7.21. The van der Waals surface area contributed by atoms with Crippen molar-refractivity contribution in [3.63, 3.8) is 0 Å². The van der Waals surface area contributed by atoms with Crippen LogP contribution in [0.5, 0.6) is 5.75 Å². The van der Waals surface area contributed by atoms with Gasteiger partial charge in [-0.2, -0.15) is 0 Å². The first-order chi connectivity index (χ1) is 10.2. The summed E-state index contributed by atoms with van der Waals surface area (Å²) < 4.78 is 6.17. The predicted octanol–water partition coefficient (Wildman–Crippen LogP) is 3.80. The lowest BCUT2D eigenvalue weighted by Crippen LogP contribution is -2.24. The molecule has 114 valence electrons. The molecule has 0 spiro atoms. The molecule has 4 nitrogen and oxygen atoms in total. The van der Waals surface area contributed by atoms with Crippen LogP contribution in [-0.2, 0) is 0 Å². The number of benzene rings is 1. The smallest absolute Gasteiger partial charge is 0.263 e. The Hall–Kier alpha value is -1.75. The van der Waals surface area contributed by atoms with Gasteiger partial charge in [-0.05, 0) is 24.6 Å². The number of unbranched alkanes of at least 4 members (excludes halogenated alkanes) is 3. The molecule has 0 aliphatic heterocycles. The summed E-state index contributed by atoms with van der Waals surface area (Å²) in [6, 6.07) is 5.67. The van der Waals surface area contributed by atoms with Crippen LogP contribution in [0.25, 0.3) is 10.1 Å². The summed E-state index contributed by atoms with van der Waals surface area (Å²) in [5, 5.41) is 3.86. The number of nitrogens with two attached hydrogens (primary N) is 1. The molecule has 0 saturated heterocycles. The Morgan fingerprint density at radius 1 is 1.33 bits per heavy atom. The fraction of sp³-hybridized carbons (Fsp3) is 0.438. The highest BCUT2D eigenvalue weighted by Crippen LogP contribution is 2.35. The first kappa shape index (κ1) is 15.6. The van der Waals surface area contributed by atoms with Crippen LogP contribution < -0.4 is 15.8 Å². The van der Waals surface area contributed by atoms with Gasteiger partial charge in [0.25, 0.3) is 5.91 Å². The lowest BCUT2D eigenvalue weighted by molar-refractivity contribution is 0.0958. The number of nitrogen functional groups attached to an aromatic ring is 1. The molecule has 0 unspecified atom stereocenters. The summed E-state index contributed by atoms with van der Waals surface area (Å²) in [6.45, 7) is 2.88. The zero-order valence-electron chi connectivity index (χ0n) is 12.6. The molecule has 1 aromatic heterocycles. The van der Waals surface area contributed by atoms with E-state index in [2.05, 4.69) is 12.2 Å². The van der Waals surface area contributed by atoms with Crippen molar-refractivity contribution in [2.45, 2.75) is 32.6 Å². The van der Waals surface area contributed by atoms with Gasteiger partial charge in [-0.3, -0.25) is 4.79 Å². The number of hydrogen-bond donors (Lipinski definition) is 2. The maximum absolute atomic E-state index is 12.2. The summed E-state index contributed by atoms with van der Waals surface area (Å²) in [5.74, 6) is 0.694. The molecule has 1 amide bonds. The monoisotopic (exact) mass is 306 g/mol. The standard InChI is InChI=1S/C16H22N2O2S/c1-3-4-5-6-9-18-16(19)15-14(17)12-8-7-11(20-2)10-13(12)21-15/h7-8,10H,3-6,9,17H2,1-2H3,(H,18,19). The van der Waals surface area contributed by atoms with Crippen LogP contribution in [0.2, 0.25) is 0 Å². The normalized spacial score (nSPS) is 10.8. The van der Waals surface area contributed by atoms with Gasteiger partial charge < -0.3 is 15.8 Å². The van der Waals surface area contributed by atoms with Crippen molar-refractivity contribution in [3.05, 3.63) is 23.1 Å². The van der Waals surface area contributed by atoms with Crippen molar-refractivity contribution in [3.8, 4) is 5.75 Å². The number of rotatable bonds is 7. The number of amides is 1. The van der Waals surface area contributed by atoms with Gasteiger partial charge in [-0.25, -0.2) is 0 Å². The molecule has 0 atom stereocenters. The minimum absolute atomic E-state index is 0.0795. The molecule has 3 N–H and O–H groups in total. The first-order valence-corrected chi connectivity index (χ1v) is 8.13.